The average Bonchev–Trinajstić information content (AvgIpc) is 3.34. The summed E-state index contributed by atoms with van der Waals surface area (Å²) in [6.07, 6.45) is 2.31. The Morgan fingerprint density at radius 1 is 1.00 bits per heavy atom. The van der Waals surface area contributed by atoms with Crippen molar-refractivity contribution in [2.75, 3.05) is 0 Å². The average molecular weight is 544 g/mol. The molecule has 5 aromatic rings. The second kappa shape index (κ2) is 9.91. The van der Waals surface area contributed by atoms with Crippen molar-refractivity contribution in [2.24, 2.45) is 0 Å². The molecule has 0 unspecified atom stereocenters. The van der Waals surface area contributed by atoms with E-state index < -0.39 is 11.6 Å². The lowest BCUT2D eigenvalue weighted by Crippen LogP contribution is -2.28. The molecule has 3 heterocycles. The summed E-state index contributed by atoms with van der Waals surface area (Å²) < 4.78 is 36.6. The number of halogens is 3. The van der Waals surface area contributed by atoms with Gasteiger partial charge in [-0.05, 0) is 72.9 Å². The highest BCUT2D eigenvalue weighted by Crippen LogP contribution is 2.37. The zero-order valence-electron chi connectivity index (χ0n) is 21.3. The minimum atomic E-state index is -0.765. The molecule has 0 aliphatic carbocycles. The molecular formula is C31H24ClF2N3O2. The summed E-state index contributed by atoms with van der Waals surface area (Å²) in [5.41, 5.74) is 5.49. The highest BCUT2D eigenvalue weighted by molar-refractivity contribution is 6.30. The van der Waals surface area contributed by atoms with Crippen molar-refractivity contribution in [3.8, 4) is 28.3 Å². The van der Waals surface area contributed by atoms with Crippen molar-refractivity contribution in [1.82, 2.24) is 14.9 Å². The van der Waals surface area contributed by atoms with E-state index in [4.69, 9.17) is 21.0 Å². The zero-order chi connectivity index (χ0) is 27.3. The number of nitrogens with one attached hydrogen (secondary N) is 1. The normalized spacial score (nSPS) is 14.8. The van der Waals surface area contributed by atoms with Gasteiger partial charge in [-0.15, -0.1) is 0 Å². The Morgan fingerprint density at radius 2 is 1.74 bits per heavy atom. The van der Waals surface area contributed by atoms with Crippen LogP contribution in [0, 0.1) is 25.5 Å². The Kier molecular flexibility index (Phi) is 6.41. The molecule has 39 heavy (non-hydrogen) atoms. The van der Waals surface area contributed by atoms with E-state index in [0.717, 1.165) is 17.2 Å². The first-order valence-electron chi connectivity index (χ1n) is 12.5. The van der Waals surface area contributed by atoms with Crippen LogP contribution in [0.1, 0.15) is 34.2 Å². The van der Waals surface area contributed by atoms with Crippen molar-refractivity contribution in [2.45, 2.75) is 32.9 Å². The molecule has 0 bridgehead atoms. The van der Waals surface area contributed by atoms with Gasteiger partial charge in [0.05, 0.1) is 17.3 Å². The van der Waals surface area contributed by atoms with Crippen LogP contribution < -0.4 is 10.9 Å². The van der Waals surface area contributed by atoms with Gasteiger partial charge in [0.2, 0.25) is 5.89 Å². The summed E-state index contributed by atoms with van der Waals surface area (Å²) >= 11 is 6.22. The molecule has 6 rings (SSSR count). The van der Waals surface area contributed by atoms with Gasteiger partial charge in [0.15, 0.2) is 5.76 Å². The number of oxazole rings is 1. The van der Waals surface area contributed by atoms with Crippen molar-refractivity contribution < 1.29 is 13.2 Å². The molecule has 0 saturated heterocycles. The molecule has 2 aromatic heterocycles. The Morgan fingerprint density at radius 3 is 2.49 bits per heavy atom. The van der Waals surface area contributed by atoms with E-state index in [-0.39, 0.29) is 22.9 Å². The van der Waals surface area contributed by atoms with E-state index in [1.165, 1.54) is 33.9 Å². The molecule has 196 valence electrons. The maximum atomic E-state index is 15.0. The maximum Gasteiger partial charge on any atom is 0.255 e. The molecule has 1 aliphatic heterocycles. The Labute approximate surface area is 228 Å². The van der Waals surface area contributed by atoms with Gasteiger partial charge >= 0.3 is 0 Å². The third kappa shape index (κ3) is 4.68. The first kappa shape index (κ1) is 25.2. The van der Waals surface area contributed by atoms with Crippen LogP contribution in [0.3, 0.4) is 0 Å². The Balaban J connectivity index is 1.51. The van der Waals surface area contributed by atoms with E-state index in [1.807, 2.05) is 26.0 Å². The minimum absolute atomic E-state index is 0.0814. The van der Waals surface area contributed by atoms with E-state index in [0.29, 0.717) is 40.8 Å². The SMILES string of the molecule is Cc1cc(Cl)cc(C)c1-n1cc(-c2nc([C@H]3Cc4ccccc4CN3)oc2-c2ccc(F)cc2F)ccc1=O. The number of aryl methyl sites for hydroxylation is 2. The minimum Gasteiger partial charge on any atom is -0.438 e. The number of benzene rings is 3. The lowest BCUT2D eigenvalue weighted by atomic mass is 9.96. The van der Waals surface area contributed by atoms with E-state index >= 15 is 4.39 Å². The van der Waals surface area contributed by atoms with Crippen LogP contribution in [-0.4, -0.2) is 9.55 Å². The maximum absolute atomic E-state index is 15.0. The van der Waals surface area contributed by atoms with Gasteiger partial charge in [-0.3, -0.25) is 9.36 Å². The van der Waals surface area contributed by atoms with Gasteiger partial charge < -0.3 is 9.73 Å². The van der Waals surface area contributed by atoms with E-state index in [1.54, 1.807) is 24.4 Å². The van der Waals surface area contributed by atoms with Gasteiger partial charge in [-0.1, -0.05) is 35.9 Å². The topological polar surface area (TPSA) is 60.1 Å². The second-order valence-electron chi connectivity index (χ2n) is 9.77. The summed E-state index contributed by atoms with van der Waals surface area (Å²) in [7, 11) is 0. The molecular weight excluding hydrogens is 520 g/mol. The van der Waals surface area contributed by atoms with Crippen LogP contribution >= 0.6 is 11.6 Å². The number of aromatic nitrogens is 2. The monoisotopic (exact) mass is 543 g/mol. The Bertz CT molecular complexity index is 1770. The lowest BCUT2D eigenvalue weighted by Gasteiger charge is -2.23. The zero-order valence-corrected chi connectivity index (χ0v) is 22.0. The number of pyridine rings is 1. The molecule has 1 aliphatic rings. The Hall–Kier alpha value is -4.07. The van der Waals surface area contributed by atoms with Crippen molar-refractivity contribution in [3.63, 3.8) is 0 Å². The van der Waals surface area contributed by atoms with Gasteiger partial charge in [0.1, 0.15) is 17.3 Å². The summed E-state index contributed by atoms with van der Waals surface area (Å²) in [6, 6.07) is 17.9. The molecule has 0 spiro atoms. The van der Waals surface area contributed by atoms with Crippen LogP contribution in [0.25, 0.3) is 28.3 Å². The van der Waals surface area contributed by atoms with Crippen molar-refractivity contribution in [1.29, 1.82) is 0 Å². The molecule has 1 atom stereocenters. The molecule has 0 saturated carbocycles. The summed E-state index contributed by atoms with van der Waals surface area (Å²) in [5, 5.41) is 4.03. The highest BCUT2D eigenvalue weighted by Gasteiger charge is 2.28. The number of hydrogen-bond donors (Lipinski definition) is 1. The predicted octanol–water partition coefficient (Wildman–Crippen LogP) is 7.09. The molecule has 0 radical (unpaired) electrons. The van der Waals surface area contributed by atoms with Crippen LogP contribution in [0.5, 0.6) is 0 Å². The summed E-state index contributed by atoms with van der Waals surface area (Å²) in [6.45, 7) is 4.40. The van der Waals surface area contributed by atoms with Gasteiger partial charge in [-0.25, -0.2) is 13.8 Å². The fraction of sp³-hybridized carbons (Fsp3) is 0.161. The molecule has 8 heteroatoms. The third-order valence-corrected chi connectivity index (χ3v) is 7.30. The standard InChI is InChI=1S/C31H24ClF2N3O2/c1-17-11-22(32)12-18(2)29(17)37-16-21(7-10-27(37)38)28-30(24-9-8-23(33)14-25(24)34)39-31(36-28)26-13-19-5-3-4-6-20(19)15-35-26/h3-12,14,16,26,35H,13,15H2,1-2H3/t26-/m1/s1. The van der Waals surface area contributed by atoms with Crippen LogP contribution in [0.2, 0.25) is 5.02 Å². The lowest BCUT2D eigenvalue weighted by molar-refractivity contribution is 0.386. The molecule has 1 N–H and O–H groups in total. The van der Waals surface area contributed by atoms with E-state index in [9.17, 15) is 9.18 Å². The summed E-state index contributed by atoms with van der Waals surface area (Å²) in [4.78, 5) is 17.8. The predicted molar refractivity (Wildman–Crippen MR) is 147 cm³/mol. The smallest absolute Gasteiger partial charge is 0.255 e. The van der Waals surface area contributed by atoms with Gasteiger partial charge in [-0.2, -0.15) is 0 Å². The van der Waals surface area contributed by atoms with E-state index in [2.05, 4.69) is 17.4 Å². The first-order chi connectivity index (χ1) is 18.8. The van der Waals surface area contributed by atoms with Crippen molar-refractivity contribution >= 4 is 11.6 Å². The molecule has 5 nitrogen and oxygen atoms in total. The van der Waals surface area contributed by atoms with Crippen LogP contribution in [0.15, 0.2) is 82.1 Å². The van der Waals surface area contributed by atoms with Gasteiger partial charge in [0, 0.05) is 35.5 Å². The van der Waals surface area contributed by atoms with Crippen LogP contribution in [-0.2, 0) is 13.0 Å². The second-order valence-corrected chi connectivity index (χ2v) is 10.2. The molecule has 3 aromatic carbocycles. The van der Waals surface area contributed by atoms with Gasteiger partial charge in [0.25, 0.3) is 5.56 Å². The molecule has 0 amide bonds. The quantitative estimate of drug-likeness (QED) is 0.263. The van der Waals surface area contributed by atoms with Crippen LogP contribution in [0.4, 0.5) is 8.78 Å². The third-order valence-electron chi connectivity index (χ3n) is 7.08. The fourth-order valence-corrected chi connectivity index (χ4v) is 5.58. The largest absolute Gasteiger partial charge is 0.438 e. The summed E-state index contributed by atoms with van der Waals surface area (Å²) in [5.74, 6) is -0.906. The first-order valence-corrected chi connectivity index (χ1v) is 12.9. The number of hydrogen-bond acceptors (Lipinski definition) is 4. The number of nitrogens with zero attached hydrogens (tertiary/aromatic N) is 2. The molecule has 0 fully saturated rings. The fourth-order valence-electron chi connectivity index (χ4n) is 5.25. The van der Waals surface area contributed by atoms with Crippen molar-refractivity contribution in [3.05, 3.63) is 128 Å². The number of rotatable bonds is 4. The number of fused-ring (bicyclic) bond motifs is 1. The highest BCUT2D eigenvalue weighted by atomic mass is 35.5.